The maximum absolute atomic E-state index is 2.64. The molecule has 1 heterocycles. The summed E-state index contributed by atoms with van der Waals surface area (Å²) in [7, 11) is 0. The van der Waals surface area contributed by atoms with Gasteiger partial charge in [0.25, 0.3) is 0 Å². The summed E-state index contributed by atoms with van der Waals surface area (Å²) in [4.78, 5) is 2.64. The highest BCUT2D eigenvalue weighted by Crippen LogP contribution is 2.21. The van der Waals surface area contributed by atoms with Gasteiger partial charge in [-0.2, -0.15) is 0 Å². The molecule has 12 heavy (non-hydrogen) atoms. The van der Waals surface area contributed by atoms with Gasteiger partial charge in [0.15, 0.2) is 0 Å². The highest BCUT2D eigenvalue weighted by Gasteiger charge is 2.20. The van der Waals surface area contributed by atoms with Gasteiger partial charge in [0, 0.05) is 6.04 Å². The van der Waals surface area contributed by atoms with E-state index >= 15 is 0 Å². The Balaban J connectivity index is 2.25. The average molecular weight is 169 g/mol. The first-order valence-electron chi connectivity index (χ1n) is 5.52. The monoisotopic (exact) mass is 169 g/mol. The van der Waals surface area contributed by atoms with Gasteiger partial charge in [-0.15, -0.1) is 0 Å². The molecule has 1 rings (SSSR count). The van der Waals surface area contributed by atoms with Gasteiger partial charge in [-0.1, -0.05) is 20.3 Å². The third-order valence-corrected chi connectivity index (χ3v) is 3.44. The number of hydrogen-bond donors (Lipinski definition) is 0. The van der Waals surface area contributed by atoms with Crippen molar-refractivity contribution in [3.63, 3.8) is 0 Å². The molecule has 1 aliphatic heterocycles. The van der Waals surface area contributed by atoms with E-state index in [9.17, 15) is 0 Å². The van der Waals surface area contributed by atoms with Gasteiger partial charge in [-0.25, -0.2) is 0 Å². The summed E-state index contributed by atoms with van der Waals surface area (Å²) in [6, 6.07) is 0.808. The molecular formula is C11H23N. The molecule has 0 aromatic heterocycles. The van der Waals surface area contributed by atoms with Crippen molar-refractivity contribution in [2.24, 2.45) is 5.92 Å². The van der Waals surface area contributed by atoms with Crippen LogP contribution in [0.1, 0.15) is 46.5 Å². The first-order chi connectivity index (χ1) is 5.77. The molecule has 0 spiro atoms. The van der Waals surface area contributed by atoms with E-state index in [1.165, 1.54) is 38.8 Å². The van der Waals surface area contributed by atoms with Crippen molar-refractivity contribution >= 4 is 0 Å². The molecule has 1 aliphatic rings. The Morgan fingerprint density at radius 3 is 2.25 bits per heavy atom. The summed E-state index contributed by atoms with van der Waals surface area (Å²) in [6.45, 7) is 9.65. The van der Waals surface area contributed by atoms with E-state index in [1.807, 2.05) is 0 Å². The van der Waals surface area contributed by atoms with E-state index in [1.54, 1.807) is 0 Å². The summed E-state index contributed by atoms with van der Waals surface area (Å²) < 4.78 is 0. The van der Waals surface area contributed by atoms with Crippen molar-refractivity contribution in [1.82, 2.24) is 4.90 Å². The van der Waals surface area contributed by atoms with Gasteiger partial charge in [0.05, 0.1) is 0 Å². The number of likely N-dealkylation sites (tertiary alicyclic amines) is 1. The number of nitrogens with zero attached hydrogens (tertiary/aromatic N) is 1. The van der Waals surface area contributed by atoms with Gasteiger partial charge in [-0.05, 0) is 45.2 Å². The van der Waals surface area contributed by atoms with Crippen molar-refractivity contribution in [3.8, 4) is 0 Å². The van der Waals surface area contributed by atoms with Crippen LogP contribution < -0.4 is 0 Å². The zero-order chi connectivity index (χ0) is 8.97. The topological polar surface area (TPSA) is 3.24 Å². The molecule has 1 saturated heterocycles. The fourth-order valence-electron chi connectivity index (χ4n) is 2.06. The molecule has 0 aromatic carbocycles. The average Bonchev–Trinajstić information content (AvgIpc) is 2.17. The zero-order valence-electron chi connectivity index (χ0n) is 8.84. The Hall–Kier alpha value is -0.0400. The van der Waals surface area contributed by atoms with Crippen molar-refractivity contribution in [2.45, 2.75) is 52.5 Å². The van der Waals surface area contributed by atoms with Crippen LogP contribution >= 0.6 is 0 Å². The van der Waals surface area contributed by atoms with Gasteiger partial charge in [-0.3, -0.25) is 0 Å². The van der Waals surface area contributed by atoms with E-state index in [0.717, 1.165) is 12.0 Å². The fraction of sp³-hybridized carbons (Fsp3) is 1.00. The molecule has 1 nitrogen and oxygen atoms in total. The number of hydrogen-bond acceptors (Lipinski definition) is 1. The highest BCUT2D eigenvalue weighted by molar-refractivity contribution is 4.74. The zero-order valence-corrected chi connectivity index (χ0v) is 8.84. The molecule has 0 saturated carbocycles. The molecule has 0 amide bonds. The Labute approximate surface area is 77.1 Å². The van der Waals surface area contributed by atoms with Crippen LogP contribution in [0.25, 0.3) is 0 Å². The molecule has 0 N–H and O–H groups in total. The molecule has 0 aliphatic carbocycles. The summed E-state index contributed by atoms with van der Waals surface area (Å²) in [5.74, 6) is 1.02. The van der Waals surface area contributed by atoms with E-state index < -0.39 is 0 Å². The molecule has 72 valence electrons. The second kappa shape index (κ2) is 4.86. The first-order valence-corrected chi connectivity index (χ1v) is 5.52. The quantitative estimate of drug-likeness (QED) is 0.628. The number of rotatable bonds is 3. The predicted molar refractivity (Wildman–Crippen MR) is 54.3 cm³/mol. The second-order valence-corrected chi connectivity index (χ2v) is 4.14. The fourth-order valence-corrected chi connectivity index (χ4v) is 2.06. The van der Waals surface area contributed by atoms with Crippen molar-refractivity contribution < 1.29 is 0 Å². The third-order valence-electron chi connectivity index (χ3n) is 3.44. The lowest BCUT2D eigenvalue weighted by Gasteiger charge is -2.35. The second-order valence-electron chi connectivity index (χ2n) is 4.14. The Morgan fingerprint density at radius 2 is 1.83 bits per heavy atom. The molecular weight excluding hydrogens is 146 g/mol. The maximum atomic E-state index is 2.64. The van der Waals surface area contributed by atoms with Crippen molar-refractivity contribution in [1.29, 1.82) is 0 Å². The molecule has 1 heteroatoms. The summed E-state index contributed by atoms with van der Waals surface area (Å²) >= 11 is 0. The Morgan fingerprint density at radius 1 is 1.25 bits per heavy atom. The predicted octanol–water partition coefficient (Wildman–Crippen LogP) is 2.91. The van der Waals surface area contributed by atoms with Crippen LogP contribution in [0.2, 0.25) is 0 Å². The number of piperidine rings is 1. The third kappa shape index (κ3) is 2.48. The van der Waals surface area contributed by atoms with Crippen molar-refractivity contribution in [2.75, 3.05) is 13.1 Å². The van der Waals surface area contributed by atoms with Gasteiger partial charge in [0.2, 0.25) is 0 Å². The van der Waals surface area contributed by atoms with Crippen LogP contribution in [0.3, 0.4) is 0 Å². The van der Waals surface area contributed by atoms with Crippen LogP contribution in [0, 0.1) is 5.92 Å². The lowest BCUT2D eigenvalue weighted by Crippen LogP contribution is -2.39. The minimum atomic E-state index is 0.808. The summed E-state index contributed by atoms with van der Waals surface area (Å²) in [6.07, 6.45) is 5.55. The smallest absolute Gasteiger partial charge is 0.00643 e. The van der Waals surface area contributed by atoms with Crippen LogP contribution in [0.5, 0.6) is 0 Å². The van der Waals surface area contributed by atoms with E-state index in [-0.39, 0.29) is 0 Å². The summed E-state index contributed by atoms with van der Waals surface area (Å²) in [5.41, 5.74) is 0. The van der Waals surface area contributed by atoms with Gasteiger partial charge in [0.1, 0.15) is 0 Å². The van der Waals surface area contributed by atoms with Crippen LogP contribution in [0.4, 0.5) is 0 Å². The Kier molecular flexibility index (Phi) is 4.07. The molecule has 1 fully saturated rings. The SMILES string of the molecule is CCC1CCN(C(C)CC)CC1. The summed E-state index contributed by atoms with van der Waals surface area (Å²) in [5, 5.41) is 0. The first kappa shape index (κ1) is 10.0. The van der Waals surface area contributed by atoms with Crippen LogP contribution in [0.15, 0.2) is 0 Å². The van der Waals surface area contributed by atoms with E-state index in [2.05, 4.69) is 25.7 Å². The van der Waals surface area contributed by atoms with Crippen molar-refractivity contribution in [3.05, 3.63) is 0 Å². The minimum absolute atomic E-state index is 0.808. The van der Waals surface area contributed by atoms with E-state index in [0.29, 0.717) is 0 Å². The molecule has 0 bridgehead atoms. The maximum Gasteiger partial charge on any atom is 0.00643 e. The lowest BCUT2D eigenvalue weighted by molar-refractivity contribution is 0.136. The van der Waals surface area contributed by atoms with Gasteiger partial charge >= 0.3 is 0 Å². The normalized spacial score (nSPS) is 24.2. The standard InChI is InChI=1S/C11H23N/c1-4-10(3)12-8-6-11(5-2)7-9-12/h10-11H,4-9H2,1-3H3. The van der Waals surface area contributed by atoms with Crippen LogP contribution in [-0.4, -0.2) is 24.0 Å². The molecule has 0 aromatic rings. The largest absolute Gasteiger partial charge is 0.301 e. The van der Waals surface area contributed by atoms with E-state index in [4.69, 9.17) is 0 Å². The molecule has 0 radical (unpaired) electrons. The molecule has 1 unspecified atom stereocenters. The minimum Gasteiger partial charge on any atom is -0.301 e. The highest BCUT2D eigenvalue weighted by atomic mass is 15.2. The lowest BCUT2D eigenvalue weighted by atomic mass is 9.93. The Bertz CT molecular complexity index is 114. The van der Waals surface area contributed by atoms with Crippen LogP contribution in [-0.2, 0) is 0 Å². The molecule has 1 atom stereocenters. The van der Waals surface area contributed by atoms with Gasteiger partial charge < -0.3 is 4.90 Å².